The lowest BCUT2D eigenvalue weighted by molar-refractivity contribution is -0.385. The molecule has 112 valence electrons. The van der Waals surface area contributed by atoms with Crippen molar-refractivity contribution in [3.63, 3.8) is 0 Å². The van der Waals surface area contributed by atoms with E-state index >= 15 is 0 Å². The monoisotopic (exact) mass is 294 g/mol. The zero-order valence-corrected chi connectivity index (χ0v) is 11.7. The van der Waals surface area contributed by atoms with Crippen LogP contribution in [0.15, 0.2) is 22.7 Å². The van der Waals surface area contributed by atoms with Crippen molar-refractivity contribution in [3.05, 3.63) is 40.0 Å². The average Bonchev–Trinajstić information content (AvgIpc) is 2.96. The largest absolute Gasteiger partial charge is 0.334 e. The molecule has 0 radical (unpaired) electrons. The normalized spacial score (nSPS) is 11.6. The molecule has 2 aromatic rings. The summed E-state index contributed by atoms with van der Waals surface area (Å²) in [6.45, 7) is 3.79. The van der Waals surface area contributed by atoms with E-state index in [1.807, 2.05) is 13.8 Å². The van der Waals surface area contributed by atoms with Crippen LogP contribution < -0.4 is 5.73 Å². The number of rotatable bonds is 5. The second-order valence-electron chi connectivity index (χ2n) is 4.71. The minimum Gasteiger partial charge on any atom is -0.334 e. The molecule has 0 aliphatic rings. The minimum atomic E-state index is -0.796. The van der Waals surface area contributed by atoms with Crippen molar-refractivity contribution >= 4 is 5.69 Å². The second-order valence-corrected chi connectivity index (χ2v) is 4.71. The molecule has 0 aliphatic carbocycles. The molecule has 0 amide bonds. The zero-order valence-electron chi connectivity index (χ0n) is 11.7. The molecule has 1 heterocycles. The molecule has 0 saturated heterocycles. The lowest BCUT2D eigenvalue weighted by atomic mass is 9.93. The number of benzene rings is 1. The molecule has 0 fully saturated rings. The number of aromatic nitrogens is 2. The van der Waals surface area contributed by atoms with Crippen LogP contribution in [-0.2, 0) is 5.54 Å². The lowest BCUT2D eigenvalue weighted by Crippen LogP contribution is -2.36. The maximum absolute atomic E-state index is 13.9. The van der Waals surface area contributed by atoms with Gasteiger partial charge in [0.25, 0.3) is 11.6 Å². The third-order valence-corrected chi connectivity index (χ3v) is 3.53. The number of hydrogen-bond acceptors (Lipinski definition) is 6. The predicted octanol–water partition coefficient (Wildman–Crippen LogP) is 2.76. The molecular weight excluding hydrogens is 279 g/mol. The van der Waals surface area contributed by atoms with Gasteiger partial charge in [-0.1, -0.05) is 19.0 Å². The summed E-state index contributed by atoms with van der Waals surface area (Å²) < 4.78 is 18.9. The van der Waals surface area contributed by atoms with Gasteiger partial charge in [0.1, 0.15) is 5.82 Å². The topological polar surface area (TPSA) is 108 Å². The van der Waals surface area contributed by atoms with Crippen LogP contribution in [0.25, 0.3) is 11.5 Å². The van der Waals surface area contributed by atoms with E-state index in [1.165, 1.54) is 12.1 Å². The van der Waals surface area contributed by atoms with Crippen molar-refractivity contribution in [2.45, 2.75) is 32.2 Å². The Morgan fingerprint density at radius 2 is 2.10 bits per heavy atom. The number of halogens is 1. The summed E-state index contributed by atoms with van der Waals surface area (Å²) in [7, 11) is 0. The Bertz CT molecular complexity index is 667. The van der Waals surface area contributed by atoms with E-state index in [4.69, 9.17) is 10.3 Å². The first-order chi connectivity index (χ1) is 9.91. The predicted molar refractivity (Wildman–Crippen MR) is 72.8 cm³/mol. The van der Waals surface area contributed by atoms with Crippen molar-refractivity contribution in [3.8, 4) is 11.5 Å². The van der Waals surface area contributed by atoms with Crippen molar-refractivity contribution in [1.82, 2.24) is 10.1 Å². The smallest absolute Gasteiger partial charge is 0.272 e. The first-order valence-electron chi connectivity index (χ1n) is 6.48. The summed E-state index contributed by atoms with van der Waals surface area (Å²) in [5.74, 6) is -0.551. The molecule has 2 N–H and O–H groups in total. The van der Waals surface area contributed by atoms with Crippen LogP contribution in [0.5, 0.6) is 0 Å². The van der Waals surface area contributed by atoms with Gasteiger partial charge in [-0.2, -0.15) is 4.98 Å². The summed E-state index contributed by atoms with van der Waals surface area (Å²) in [5, 5.41) is 14.4. The van der Waals surface area contributed by atoms with Gasteiger partial charge in [-0.25, -0.2) is 4.39 Å². The van der Waals surface area contributed by atoms with E-state index in [9.17, 15) is 14.5 Å². The van der Waals surface area contributed by atoms with E-state index in [0.29, 0.717) is 18.7 Å². The average molecular weight is 294 g/mol. The molecule has 0 unspecified atom stereocenters. The first-order valence-corrected chi connectivity index (χ1v) is 6.48. The highest BCUT2D eigenvalue weighted by Gasteiger charge is 2.29. The van der Waals surface area contributed by atoms with Crippen molar-refractivity contribution in [1.29, 1.82) is 0 Å². The van der Waals surface area contributed by atoms with E-state index in [-0.39, 0.29) is 17.1 Å². The molecule has 2 rings (SSSR count). The summed E-state index contributed by atoms with van der Waals surface area (Å²) in [6, 6.07) is 3.23. The molecule has 0 aliphatic heterocycles. The van der Waals surface area contributed by atoms with Crippen molar-refractivity contribution in [2.24, 2.45) is 5.73 Å². The standard InChI is InChI=1S/C13H15FN4O3/c1-3-13(15,4-2)12-16-11(21-17-12)9-6-5-8(18(19)20)7-10(9)14/h5-7H,3-4,15H2,1-2H3. The Kier molecular flexibility index (Phi) is 3.99. The number of nitro benzene ring substituents is 1. The van der Waals surface area contributed by atoms with Gasteiger partial charge in [-0.3, -0.25) is 10.1 Å². The lowest BCUT2D eigenvalue weighted by Gasteiger charge is -2.21. The van der Waals surface area contributed by atoms with Crippen LogP contribution >= 0.6 is 0 Å². The van der Waals surface area contributed by atoms with E-state index in [0.717, 1.165) is 6.07 Å². The molecule has 1 aromatic heterocycles. The molecule has 0 atom stereocenters. The molecule has 1 aromatic carbocycles. The van der Waals surface area contributed by atoms with Gasteiger partial charge in [0.15, 0.2) is 5.82 Å². The number of nitrogens with zero attached hydrogens (tertiary/aromatic N) is 3. The summed E-state index contributed by atoms with van der Waals surface area (Å²) in [6.07, 6.45) is 1.20. The third-order valence-electron chi connectivity index (χ3n) is 3.53. The van der Waals surface area contributed by atoms with Gasteiger partial charge in [0.05, 0.1) is 22.1 Å². The SMILES string of the molecule is CCC(N)(CC)c1noc(-c2ccc([N+](=O)[O-])cc2F)n1. The summed E-state index contributed by atoms with van der Waals surface area (Å²) in [4.78, 5) is 14.0. The molecule has 0 spiro atoms. The second kappa shape index (κ2) is 5.57. The van der Waals surface area contributed by atoms with Gasteiger partial charge in [0.2, 0.25) is 0 Å². The molecule has 0 saturated carbocycles. The fourth-order valence-electron chi connectivity index (χ4n) is 1.89. The Hall–Kier alpha value is -2.35. The molecule has 0 bridgehead atoms. The third kappa shape index (κ3) is 2.75. The quantitative estimate of drug-likeness (QED) is 0.671. The molecule has 21 heavy (non-hydrogen) atoms. The van der Waals surface area contributed by atoms with E-state index < -0.39 is 16.3 Å². The zero-order chi connectivity index (χ0) is 15.6. The highest BCUT2D eigenvalue weighted by molar-refractivity contribution is 5.56. The number of nitrogens with two attached hydrogens (primary N) is 1. The maximum Gasteiger partial charge on any atom is 0.272 e. The first kappa shape index (κ1) is 15.0. The van der Waals surface area contributed by atoms with Crippen LogP contribution in [0.4, 0.5) is 10.1 Å². The van der Waals surface area contributed by atoms with E-state index in [2.05, 4.69) is 10.1 Å². The van der Waals surface area contributed by atoms with Crippen LogP contribution in [-0.4, -0.2) is 15.1 Å². The van der Waals surface area contributed by atoms with Gasteiger partial charge < -0.3 is 10.3 Å². The Morgan fingerprint density at radius 1 is 1.43 bits per heavy atom. The Balaban J connectivity index is 2.40. The fourth-order valence-corrected chi connectivity index (χ4v) is 1.89. The summed E-state index contributed by atoms with van der Waals surface area (Å²) in [5.41, 5.74) is 5.07. The van der Waals surface area contributed by atoms with Gasteiger partial charge in [0, 0.05) is 6.07 Å². The number of hydrogen-bond donors (Lipinski definition) is 1. The highest BCUT2D eigenvalue weighted by Crippen LogP contribution is 2.28. The Labute approximate surface area is 120 Å². The van der Waals surface area contributed by atoms with E-state index in [1.54, 1.807) is 0 Å². The van der Waals surface area contributed by atoms with Crippen molar-refractivity contribution < 1.29 is 13.8 Å². The van der Waals surface area contributed by atoms with Crippen LogP contribution in [0.3, 0.4) is 0 Å². The fraction of sp³-hybridized carbons (Fsp3) is 0.385. The molecular formula is C13H15FN4O3. The van der Waals surface area contributed by atoms with Crippen LogP contribution in [0.1, 0.15) is 32.5 Å². The highest BCUT2D eigenvalue weighted by atomic mass is 19.1. The minimum absolute atomic E-state index is 0.00825. The van der Waals surface area contributed by atoms with Gasteiger partial charge in [-0.05, 0) is 18.9 Å². The summed E-state index contributed by atoms with van der Waals surface area (Å²) >= 11 is 0. The molecule has 8 heteroatoms. The van der Waals surface area contributed by atoms with Gasteiger partial charge >= 0.3 is 0 Å². The van der Waals surface area contributed by atoms with Crippen LogP contribution in [0, 0.1) is 15.9 Å². The number of non-ortho nitro benzene ring substituents is 1. The maximum atomic E-state index is 13.9. The van der Waals surface area contributed by atoms with Crippen LogP contribution in [0.2, 0.25) is 0 Å². The Morgan fingerprint density at radius 3 is 2.62 bits per heavy atom. The van der Waals surface area contributed by atoms with Gasteiger partial charge in [-0.15, -0.1) is 0 Å². The molecule has 7 nitrogen and oxygen atoms in total. The number of nitro groups is 1. The van der Waals surface area contributed by atoms with Crippen molar-refractivity contribution in [2.75, 3.05) is 0 Å².